The summed E-state index contributed by atoms with van der Waals surface area (Å²) in [5.74, 6) is 1.92. The molecule has 26 heavy (non-hydrogen) atoms. The van der Waals surface area contributed by atoms with Crippen LogP contribution in [0.1, 0.15) is 36.2 Å². The van der Waals surface area contributed by atoms with Crippen LogP contribution in [0.2, 0.25) is 0 Å². The fraction of sp³-hybridized carbons (Fsp3) is 0.333. The van der Waals surface area contributed by atoms with E-state index in [1.54, 1.807) is 10.9 Å². The van der Waals surface area contributed by atoms with Crippen LogP contribution in [0.25, 0.3) is 17.1 Å². The summed E-state index contributed by atoms with van der Waals surface area (Å²) in [7, 11) is 0. The van der Waals surface area contributed by atoms with Crippen molar-refractivity contribution in [2.45, 2.75) is 31.7 Å². The number of amides is 1. The van der Waals surface area contributed by atoms with Crippen molar-refractivity contribution in [2.24, 2.45) is 11.8 Å². The maximum atomic E-state index is 13.1. The maximum absolute atomic E-state index is 13.1. The number of furan rings is 1. The van der Waals surface area contributed by atoms with Crippen molar-refractivity contribution in [3.8, 4) is 17.1 Å². The van der Waals surface area contributed by atoms with E-state index in [4.69, 9.17) is 4.42 Å². The van der Waals surface area contributed by atoms with Crippen molar-refractivity contribution < 1.29 is 9.21 Å². The Balaban J connectivity index is 1.50. The molecule has 0 saturated heterocycles. The van der Waals surface area contributed by atoms with Gasteiger partial charge in [0.25, 0.3) is 5.91 Å². The summed E-state index contributed by atoms with van der Waals surface area (Å²) >= 11 is 0. The molecule has 1 amide bonds. The monoisotopic (exact) mass is 347 g/mol. The Kier molecular flexibility index (Phi) is 3.66. The summed E-state index contributed by atoms with van der Waals surface area (Å²) < 4.78 is 7.19. The average Bonchev–Trinajstić information content (AvgIpc) is 3.59. The summed E-state index contributed by atoms with van der Waals surface area (Å²) in [4.78, 5) is 13.1. The predicted molar refractivity (Wildman–Crippen MR) is 98.0 cm³/mol. The van der Waals surface area contributed by atoms with Gasteiger partial charge in [-0.3, -0.25) is 4.79 Å². The van der Waals surface area contributed by atoms with Crippen molar-refractivity contribution in [1.29, 1.82) is 0 Å². The van der Waals surface area contributed by atoms with Crippen molar-refractivity contribution in [1.82, 2.24) is 15.1 Å². The van der Waals surface area contributed by atoms with Gasteiger partial charge in [-0.2, -0.15) is 5.10 Å². The Morgan fingerprint density at radius 3 is 2.42 bits per heavy atom. The molecule has 5 rings (SSSR count). The Hall–Kier alpha value is -2.82. The van der Waals surface area contributed by atoms with Crippen LogP contribution in [0.3, 0.4) is 0 Å². The molecule has 5 heteroatoms. The van der Waals surface area contributed by atoms with Crippen LogP contribution in [0.4, 0.5) is 0 Å². The van der Waals surface area contributed by atoms with Gasteiger partial charge in [-0.1, -0.05) is 18.2 Å². The van der Waals surface area contributed by atoms with Crippen molar-refractivity contribution in [3.63, 3.8) is 0 Å². The largest absolute Gasteiger partial charge is 0.463 e. The van der Waals surface area contributed by atoms with E-state index in [0.29, 0.717) is 35.0 Å². The minimum atomic E-state index is -0.0528. The second kappa shape index (κ2) is 6.16. The second-order valence-electron chi connectivity index (χ2n) is 7.31. The Morgan fingerprint density at radius 1 is 1.08 bits per heavy atom. The SMILES string of the molecule is O=C(NC(C1CC1)C1CC1)c1cc(-c2ccco2)nn1-c1ccccc1. The van der Waals surface area contributed by atoms with Gasteiger partial charge in [0.2, 0.25) is 0 Å². The van der Waals surface area contributed by atoms with Gasteiger partial charge in [-0.05, 0) is 61.8 Å². The smallest absolute Gasteiger partial charge is 0.270 e. The third-order valence-corrected chi connectivity index (χ3v) is 5.27. The number of aromatic nitrogens is 2. The van der Waals surface area contributed by atoms with Crippen LogP contribution in [0.5, 0.6) is 0 Å². The third-order valence-electron chi connectivity index (χ3n) is 5.27. The van der Waals surface area contributed by atoms with Gasteiger partial charge in [0.1, 0.15) is 11.4 Å². The van der Waals surface area contributed by atoms with Gasteiger partial charge >= 0.3 is 0 Å². The first-order valence-corrected chi connectivity index (χ1v) is 9.30. The summed E-state index contributed by atoms with van der Waals surface area (Å²) in [6, 6.07) is 15.6. The molecule has 132 valence electrons. The van der Waals surface area contributed by atoms with Gasteiger partial charge in [0, 0.05) is 12.1 Å². The standard InChI is InChI=1S/C21H21N3O2/c25-21(22-20(14-8-9-14)15-10-11-15)18-13-17(19-7-4-12-26-19)23-24(18)16-5-2-1-3-6-16/h1-7,12-15,20H,8-11H2,(H,22,25). The third kappa shape index (κ3) is 2.94. The van der Waals surface area contributed by atoms with Crippen LogP contribution < -0.4 is 5.32 Å². The molecule has 0 unspecified atom stereocenters. The van der Waals surface area contributed by atoms with E-state index in [-0.39, 0.29) is 5.91 Å². The fourth-order valence-corrected chi connectivity index (χ4v) is 3.61. The van der Waals surface area contributed by atoms with Gasteiger partial charge < -0.3 is 9.73 Å². The van der Waals surface area contributed by atoms with E-state index in [2.05, 4.69) is 10.4 Å². The minimum Gasteiger partial charge on any atom is -0.463 e. The number of nitrogens with zero attached hydrogens (tertiary/aromatic N) is 2. The number of nitrogens with one attached hydrogen (secondary N) is 1. The highest BCUT2D eigenvalue weighted by Gasteiger charge is 2.42. The number of para-hydroxylation sites is 1. The molecule has 1 N–H and O–H groups in total. The molecule has 2 fully saturated rings. The maximum Gasteiger partial charge on any atom is 0.270 e. The van der Waals surface area contributed by atoms with Gasteiger partial charge in [0.15, 0.2) is 5.76 Å². The first kappa shape index (κ1) is 15.4. The van der Waals surface area contributed by atoms with E-state index >= 15 is 0 Å². The zero-order valence-corrected chi connectivity index (χ0v) is 14.5. The van der Waals surface area contributed by atoms with Crippen LogP contribution >= 0.6 is 0 Å². The number of rotatable bonds is 6. The Bertz CT molecular complexity index is 894. The topological polar surface area (TPSA) is 60.1 Å². The number of carbonyl (C=O) groups excluding carboxylic acids is 1. The normalized spacial score (nSPS) is 16.8. The molecule has 2 saturated carbocycles. The highest BCUT2D eigenvalue weighted by molar-refractivity contribution is 5.94. The number of hydrogen-bond donors (Lipinski definition) is 1. The van der Waals surface area contributed by atoms with Crippen molar-refractivity contribution in [2.75, 3.05) is 0 Å². The number of carbonyl (C=O) groups is 1. The molecular weight excluding hydrogens is 326 g/mol. The number of hydrogen-bond acceptors (Lipinski definition) is 3. The number of benzene rings is 1. The zero-order valence-electron chi connectivity index (χ0n) is 14.5. The Morgan fingerprint density at radius 2 is 1.81 bits per heavy atom. The molecule has 5 nitrogen and oxygen atoms in total. The lowest BCUT2D eigenvalue weighted by molar-refractivity contribution is 0.0918. The van der Waals surface area contributed by atoms with Crippen LogP contribution in [-0.4, -0.2) is 21.7 Å². The molecule has 2 heterocycles. The van der Waals surface area contributed by atoms with Gasteiger partial charge in [-0.15, -0.1) is 0 Å². The first-order chi connectivity index (χ1) is 12.8. The molecule has 0 bridgehead atoms. The molecule has 1 aromatic carbocycles. The summed E-state index contributed by atoms with van der Waals surface area (Å²) in [5, 5.41) is 7.93. The molecule has 2 aliphatic rings. The van der Waals surface area contributed by atoms with Crippen LogP contribution in [0, 0.1) is 11.8 Å². The first-order valence-electron chi connectivity index (χ1n) is 9.30. The summed E-state index contributed by atoms with van der Waals surface area (Å²) in [5.41, 5.74) is 2.08. The van der Waals surface area contributed by atoms with Crippen LogP contribution in [-0.2, 0) is 0 Å². The molecule has 0 spiro atoms. The minimum absolute atomic E-state index is 0.0528. The van der Waals surface area contributed by atoms with E-state index in [0.717, 1.165) is 5.69 Å². The Labute approximate surface area is 152 Å². The quantitative estimate of drug-likeness (QED) is 0.732. The van der Waals surface area contributed by atoms with E-state index in [9.17, 15) is 4.79 Å². The van der Waals surface area contributed by atoms with E-state index in [1.807, 2.05) is 48.5 Å². The van der Waals surface area contributed by atoms with Crippen molar-refractivity contribution >= 4 is 5.91 Å². The highest BCUT2D eigenvalue weighted by atomic mass is 16.3. The molecule has 0 atom stereocenters. The lowest BCUT2D eigenvalue weighted by Crippen LogP contribution is -2.39. The second-order valence-corrected chi connectivity index (χ2v) is 7.31. The van der Waals surface area contributed by atoms with Crippen LogP contribution in [0.15, 0.2) is 59.2 Å². The molecule has 2 aliphatic carbocycles. The molecule has 0 radical (unpaired) electrons. The van der Waals surface area contributed by atoms with E-state index < -0.39 is 0 Å². The summed E-state index contributed by atoms with van der Waals surface area (Å²) in [6.45, 7) is 0. The van der Waals surface area contributed by atoms with Crippen molar-refractivity contribution in [3.05, 3.63) is 60.5 Å². The summed E-state index contributed by atoms with van der Waals surface area (Å²) in [6.07, 6.45) is 6.55. The average molecular weight is 347 g/mol. The molecular formula is C21H21N3O2. The highest BCUT2D eigenvalue weighted by Crippen LogP contribution is 2.44. The lowest BCUT2D eigenvalue weighted by Gasteiger charge is -2.18. The predicted octanol–water partition coefficient (Wildman–Crippen LogP) is 4.05. The fourth-order valence-electron chi connectivity index (χ4n) is 3.61. The van der Waals surface area contributed by atoms with Gasteiger partial charge in [0.05, 0.1) is 12.0 Å². The molecule has 2 aromatic heterocycles. The molecule has 3 aromatic rings. The lowest BCUT2D eigenvalue weighted by atomic mass is 10.1. The molecule has 0 aliphatic heterocycles. The van der Waals surface area contributed by atoms with Gasteiger partial charge in [-0.25, -0.2) is 4.68 Å². The van der Waals surface area contributed by atoms with E-state index in [1.165, 1.54) is 25.7 Å². The zero-order chi connectivity index (χ0) is 17.5.